The summed E-state index contributed by atoms with van der Waals surface area (Å²) in [6.07, 6.45) is 0.892. The molecule has 1 N–H and O–H groups in total. The molecule has 2 aromatic rings. The molecule has 9 nitrogen and oxygen atoms in total. The molecule has 0 atom stereocenters. The number of nitro groups is 2. The Morgan fingerprint density at radius 2 is 1.81 bits per heavy atom. The second-order valence-electron chi connectivity index (χ2n) is 5.83. The molecular formula is C17H18N4O5. The van der Waals surface area contributed by atoms with Gasteiger partial charge in [-0.25, -0.2) is 0 Å². The summed E-state index contributed by atoms with van der Waals surface area (Å²) in [7, 11) is 3.38. The number of nitrogens with one attached hydrogen (secondary N) is 1. The molecule has 0 aliphatic rings. The predicted octanol–water partition coefficient (Wildman–Crippen LogP) is 3.27. The second-order valence-corrected chi connectivity index (χ2v) is 5.83. The lowest BCUT2D eigenvalue weighted by Crippen LogP contribution is -2.21. The number of nitrogens with zero attached hydrogens (tertiary/aromatic N) is 3. The first kappa shape index (κ1) is 18.8. The van der Waals surface area contributed by atoms with E-state index in [-0.39, 0.29) is 23.0 Å². The van der Waals surface area contributed by atoms with Crippen LogP contribution in [0.1, 0.15) is 12.0 Å². The molecule has 0 saturated heterocycles. The summed E-state index contributed by atoms with van der Waals surface area (Å²) in [4.78, 5) is 33.8. The fourth-order valence-electron chi connectivity index (χ4n) is 2.33. The van der Waals surface area contributed by atoms with Crippen molar-refractivity contribution in [3.8, 4) is 0 Å². The summed E-state index contributed by atoms with van der Waals surface area (Å²) < 4.78 is 0. The van der Waals surface area contributed by atoms with E-state index in [0.29, 0.717) is 18.5 Å². The molecule has 0 heterocycles. The van der Waals surface area contributed by atoms with Crippen LogP contribution in [0.4, 0.5) is 22.7 Å². The van der Waals surface area contributed by atoms with Gasteiger partial charge in [0, 0.05) is 32.3 Å². The largest absolute Gasteiger partial charge is 0.350 e. The number of hydrogen-bond donors (Lipinski definition) is 1. The number of nitro benzene ring substituents is 2. The van der Waals surface area contributed by atoms with E-state index in [1.165, 1.54) is 17.0 Å². The van der Waals surface area contributed by atoms with Crippen LogP contribution in [0.15, 0.2) is 42.5 Å². The molecule has 0 aliphatic heterocycles. The normalized spacial score (nSPS) is 10.2. The van der Waals surface area contributed by atoms with E-state index in [0.717, 1.165) is 11.6 Å². The van der Waals surface area contributed by atoms with E-state index in [9.17, 15) is 25.0 Å². The summed E-state index contributed by atoms with van der Waals surface area (Å²) >= 11 is 0. The number of rotatable bonds is 7. The van der Waals surface area contributed by atoms with Crippen molar-refractivity contribution in [1.29, 1.82) is 0 Å². The van der Waals surface area contributed by atoms with Crippen molar-refractivity contribution in [2.24, 2.45) is 0 Å². The van der Waals surface area contributed by atoms with E-state index in [2.05, 4.69) is 5.32 Å². The van der Waals surface area contributed by atoms with E-state index in [4.69, 9.17) is 0 Å². The molecule has 9 heteroatoms. The molecule has 2 aromatic carbocycles. The molecule has 0 unspecified atom stereocenters. The van der Waals surface area contributed by atoms with E-state index in [1.54, 1.807) is 32.3 Å². The molecule has 0 aliphatic carbocycles. The van der Waals surface area contributed by atoms with Crippen LogP contribution in [0.3, 0.4) is 0 Å². The highest BCUT2D eigenvalue weighted by Crippen LogP contribution is 2.31. The maximum Gasteiger partial charge on any atom is 0.299 e. The fourth-order valence-corrected chi connectivity index (χ4v) is 2.33. The summed E-state index contributed by atoms with van der Waals surface area (Å²) in [5, 5.41) is 24.9. The summed E-state index contributed by atoms with van der Waals surface area (Å²) in [5.41, 5.74) is 0.916. The molecule has 2 rings (SSSR count). The van der Waals surface area contributed by atoms with Crippen molar-refractivity contribution in [1.82, 2.24) is 4.90 Å². The van der Waals surface area contributed by atoms with Crippen LogP contribution in [0.2, 0.25) is 0 Å². The van der Waals surface area contributed by atoms with Crippen molar-refractivity contribution in [2.75, 3.05) is 19.4 Å². The molecule has 136 valence electrons. The van der Waals surface area contributed by atoms with E-state index < -0.39 is 9.85 Å². The van der Waals surface area contributed by atoms with Gasteiger partial charge in [-0.05, 0) is 30.2 Å². The highest BCUT2D eigenvalue weighted by molar-refractivity contribution is 5.76. The van der Waals surface area contributed by atoms with Gasteiger partial charge < -0.3 is 10.2 Å². The topological polar surface area (TPSA) is 119 Å². The minimum Gasteiger partial charge on any atom is -0.350 e. The first-order valence-corrected chi connectivity index (χ1v) is 7.77. The molecular weight excluding hydrogens is 340 g/mol. The Balaban J connectivity index is 2.21. The van der Waals surface area contributed by atoms with Gasteiger partial charge in [-0.3, -0.25) is 25.0 Å². The molecule has 0 fully saturated rings. The average Bonchev–Trinajstić information content (AvgIpc) is 2.59. The SMILES string of the molecule is CN(C)C(=O)CCc1cccc(Nc2ccc([N+](=O)[O-])cc2[N+](=O)[O-])c1. The van der Waals surface area contributed by atoms with Crippen molar-refractivity contribution in [3.05, 3.63) is 68.3 Å². The molecule has 0 bridgehead atoms. The van der Waals surface area contributed by atoms with Gasteiger partial charge in [0.05, 0.1) is 15.9 Å². The Morgan fingerprint density at radius 3 is 2.42 bits per heavy atom. The van der Waals surface area contributed by atoms with Crippen LogP contribution in [-0.4, -0.2) is 34.7 Å². The Bertz CT molecular complexity index is 851. The molecule has 0 radical (unpaired) electrons. The maximum absolute atomic E-state index is 11.7. The second kappa shape index (κ2) is 8.06. The van der Waals surface area contributed by atoms with Crippen molar-refractivity contribution < 1.29 is 14.6 Å². The lowest BCUT2D eigenvalue weighted by atomic mass is 10.1. The fraction of sp³-hybridized carbons (Fsp3) is 0.235. The third-order valence-electron chi connectivity index (χ3n) is 3.72. The Morgan fingerprint density at radius 1 is 1.08 bits per heavy atom. The van der Waals surface area contributed by atoms with Crippen LogP contribution in [0.25, 0.3) is 0 Å². The van der Waals surface area contributed by atoms with Crippen molar-refractivity contribution in [2.45, 2.75) is 12.8 Å². The van der Waals surface area contributed by atoms with Gasteiger partial charge in [-0.1, -0.05) is 12.1 Å². The van der Waals surface area contributed by atoms with Crippen LogP contribution < -0.4 is 5.32 Å². The highest BCUT2D eigenvalue weighted by Gasteiger charge is 2.19. The lowest BCUT2D eigenvalue weighted by molar-refractivity contribution is -0.393. The molecule has 0 saturated carbocycles. The monoisotopic (exact) mass is 358 g/mol. The minimum atomic E-state index is -0.681. The predicted molar refractivity (Wildman–Crippen MR) is 96.5 cm³/mol. The van der Waals surface area contributed by atoms with Crippen molar-refractivity contribution in [3.63, 3.8) is 0 Å². The Hall–Kier alpha value is -3.49. The van der Waals surface area contributed by atoms with Crippen molar-refractivity contribution >= 4 is 28.7 Å². The molecule has 1 amide bonds. The third kappa shape index (κ3) is 4.76. The number of benzene rings is 2. The first-order valence-electron chi connectivity index (χ1n) is 7.77. The van der Waals surface area contributed by atoms with E-state index >= 15 is 0 Å². The number of non-ortho nitro benzene ring substituents is 1. The molecule has 26 heavy (non-hydrogen) atoms. The highest BCUT2D eigenvalue weighted by atomic mass is 16.6. The quantitative estimate of drug-likeness (QED) is 0.599. The maximum atomic E-state index is 11.7. The summed E-state index contributed by atoms with van der Waals surface area (Å²) in [6, 6.07) is 10.6. The number of carbonyl (C=O) groups excluding carboxylic acids is 1. The Kier molecular flexibility index (Phi) is 5.84. The van der Waals surface area contributed by atoms with Gasteiger partial charge in [-0.2, -0.15) is 0 Å². The first-order chi connectivity index (χ1) is 12.3. The van der Waals surface area contributed by atoms with E-state index in [1.807, 2.05) is 6.07 Å². The molecule has 0 spiro atoms. The van der Waals surface area contributed by atoms with Gasteiger partial charge in [0.2, 0.25) is 5.91 Å². The number of carbonyl (C=O) groups is 1. The van der Waals surface area contributed by atoms with Crippen LogP contribution in [0.5, 0.6) is 0 Å². The standard InChI is InChI=1S/C17H18N4O5/c1-19(2)17(22)9-6-12-4-3-5-13(10-12)18-15-8-7-14(20(23)24)11-16(15)21(25)26/h3-5,7-8,10-11,18H,6,9H2,1-2H3. The zero-order chi connectivity index (χ0) is 19.3. The van der Waals surface area contributed by atoms with Crippen LogP contribution >= 0.6 is 0 Å². The number of aryl methyl sites for hydroxylation is 1. The van der Waals surface area contributed by atoms with Gasteiger partial charge in [0.1, 0.15) is 5.69 Å². The van der Waals surface area contributed by atoms with Gasteiger partial charge in [0.25, 0.3) is 11.4 Å². The number of anilines is 2. The van der Waals surface area contributed by atoms with Gasteiger partial charge >= 0.3 is 0 Å². The number of hydrogen-bond acceptors (Lipinski definition) is 6. The lowest BCUT2D eigenvalue weighted by Gasteiger charge is -2.11. The summed E-state index contributed by atoms with van der Waals surface area (Å²) in [6.45, 7) is 0. The Labute approximate surface area is 149 Å². The third-order valence-corrected chi connectivity index (χ3v) is 3.72. The van der Waals surface area contributed by atoms with Crippen LogP contribution in [0, 0.1) is 20.2 Å². The van der Waals surface area contributed by atoms with Gasteiger partial charge in [-0.15, -0.1) is 0 Å². The zero-order valence-corrected chi connectivity index (χ0v) is 14.3. The minimum absolute atomic E-state index is 0.00867. The smallest absolute Gasteiger partial charge is 0.299 e. The molecule has 0 aromatic heterocycles. The number of amides is 1. The van der Waals surface area contributed by atoms with Crippen LogP contribution in [-0.2, 0) is 11.2 Å². The summed E-state index contributed by atoms with van der Waals surface area (Å²) in [5.74, 6) is 0.00867. The van der Waals surface area contributed by atoms with Gasteiger partial charge in [0.15, 0.2) is 0 Å². The zero-order valence-electron chi connectivity index (χ0n) is 14.3. The average molecular weight is 358 g/mol.